The highest BCUT2D eigenvalue weighted by atomic mass is 19.1. The lowest BCUT2D eigenvalue weighted by molar-refractivity contribution is -0.131. The number of amides is 2. The van der Waals surface area contributed by atoms with Gasteiger partial charge in [0.25, 0.3) is 5.91 Å². The molecular weight excluding hydrogens is 349 g/mol. The molecule has 1 aromatic heterocycles. The minimum atomic E-state index is -0.553. The van der Waals surface area contributed by atoms with Crippen molar-refractivity contribution in [2.24, 2.45) is 0 Å². The molecule has 1 aromatic carbocycles. The average molecular weight is 371 g/mol. The molecule has 0 aliphatic carbocycles. The van der Waals surface area contributed by atoms with E-state index in [1.165, 1.54) is 6.20 Å². The second kappa shape index (κ2) is 8.62. The molecule has 27 heavy (non-hydrogen) atoms. The molecule has 2 aromatic rings. The maximum Gasteiger partial charge on any atom is 0.253 e. The lowest BCUT2D eigenvalue weighted by atomic mass is 10.1. The first-order chi connectivity index (χ1) is 13.0. The third-order valence-corrected chi connectivity index (χ3v) is 4.62. The van der Waals surface area contributed by atoms with Gasteiger partial charge in [0.1, 0.15) is 11.6 Å². The molecule has 0 spiro atoms. The number of halogens is 1. The fraction of sp³-hybridized carbons (Fsp3) is 0.350. The van der Waals surface area contributed by atoms with Crippen LogP contribution >= 0.6 is 0 Å². The number of nitrogens with one attached hydrogen (secondary N) is 1. The summed E-state index contributed by atoms with van der Waals surface area (Å²) < 4.78 is 18.5. The molecule has 2 amide bonds. The van der Waals surface area contributed by atoms with Crippen molar-refractivity contribution in [2.45, 2.75) is 31.8 Å². The van der Waals surface area contributed by atoms with Gasteiger partial charge in [-0.1, -0.05) is 12.1 Å². The van der Waals surface area contributed by atoms with Gasteiger partial charge in [0.05, 0.1) is 18.9 Å². The topological polar surface area (TPSA) is 71.5 Å². The smallest absolute Gasteiger partial charge is 0.253 e. The molecular formula is C20H22FN3O3. The van der Waals surface area contributed by atoms with Crippen LogP contribution in [0.2, 0.25) is 0 Å². The Morgan fingerprint density at radius 2 is 2.19 bits per heavy atom. The van der Waals surface area contributed by atoms with Crippen LogP contribution in [0.5, 0.6) is 5.75 Å². The first-order valence-corrected chi connectivity index (χ1v) is 8.87. The number of nitrogens with zero attached hydrogens (tertiary/aromatic N) is 2. The molecule has 6 nitrogen and oxygen atoms in total. The van der Waals surface area contributed by atoms with Gasteiger partial charge in [-0.2, -0.15) is 0 Å². The molecule has 0 bridgehead atoms. The van der Waals surface area contributed by atoms with Crippen molar-refractivity contribution in [3.8, 4) is 5.75 Å². The van der Waals surface area contributed by atoms with Gasteiger partial charge in [-0.25, -0.2) is 4.39 Å². The number of carbonyl (C=O) groups excluding carboxylic acids is 2. The molecule has 1 aliphatic rings. The van der Waals surface area contributed by atoms with E-state index in [-0.39, 0.29) is 23.4 Å². The van der Waals surface area contributed by atoms with Crippen LogP contribution in [0.3, 0.4) is 0 Å². The highest BCUT2D eigenvalue weighted by Gasteiger charge is 2.24. The number of carbonyl (C=O) groups is 2. The van der Waals surface area contributed by atoms with Crippen molar-refractivity contribution in [1.29, 1.82) is 0 Å². The molecule has 3 rings (SSSR count). The average Bonchev–Trinajstić information content (AvgIpc) is 2.84. The molecule has 1 fully saturated rings. The summed E-state index contributed by atoms with van der Waals surface area (Å²) in [7, 11) is 1.61. The van der Waals surface area contributed by atoms with E-state index in [2.05, 4.69) is 10.3 Å². The second-order valence-corrected chi connectivity index (χ2v) is 6.56. The van der Waals surface area contributed by atoms with Gasteiger partial charge in [0, 0.05) is 31.7 Å². The minimum Gasteiger partial charge on any atom is -0.497 e. The zero-order valence-corrected chi connectivity index (χ0v) is 15.2. The van der Waals surface area contributed by atoms with Crippen LogP contribution in [-0.4, -0.2) is 41.4 Å². The number of benzene rings is 1. The number of ether oxygens (including phenoxy) is 1. The Labute approximate surface area is 157 Å². The first-order valence-electron chi connectivity index (χ1n) is 8.87. The number of aromatic nitrogens is 1. The Hall–Kier alpha value is -2.96. The molecule has 0 saturated carbocycles. The molecule has 142 valence electrons. The summed E-state index contributed by atoms with van der Waals surface area (Å²) in [5.41, 5.74) is 1.18. The number of hydrogen-bond acceptors (Lipinski definition) is 4. The van der Waals surface area contributed by atoms with Crippen molar-refractivity contribution in [1.82, 2.24) is 15.2 Å². The van der Waals surface area contributed by atoms with Gasteiger partial charge in [0.15, 0.2) is 0 Å². The Morgan fingerprint density at radius 3 is 2.96 bits per heavy atom. The maximum absolute atomic E-state index is 13.2. The molecule has 0 radical (unpaired) electrons. The number of rotatable bonds is 5. The SMILES string of the molecule is COc1cccc(CN2CCC(NC(=O)c3cncc(F)c3)CCC2=O)c1. The Kier molecular flexibility index (Phi) is 6.01. The lowest BCUT2D eigenvalue weighted by Gasteiger charge is -2.21. The van der Waals surface area contributed by atoms with Crippen LogP contribution in [0.1, 0.15) is 35.2 Å². The summed E-state index contributed by atoms with van der Waals surface area (Å²) in [4.78, 5) is 30.2. The van der Waals surface area contributed by atoms with Crippen LogP contribution in [0, 0.1) is 5.82 Å². The first kappa shape index (κ1) is 18.8. The van der Waals surface area contributed by atoms with E-state index in [9.17, 15) is 14.0 Å². The number of likely N-dealkylation sites (tertiary alicyclic amines) is 1. The Bertz CT molecular complexity index is 828. The molecule has 1 atom stereocenters. The van der Waals surface area contributed by atoms with Crippen LogP contribution < -0.4 is 10.1 Å². The Morgan fingerprint density at radius 1 is 1.33 bits per heavy atom. The second-order valence-electron chi connectivity index (χ2n) is 6.56. The van der Waals surface area contributed by atoms with Gasteiger partial charge in [-0.15, -0.1) is 0 Å². The van der Waals surface area contributed by atoms with Gasteiger partial charge in [-0.05, 0) is 36.6 Å². The summed E-state index contributed by atoms with van der Waals surface area (Å²) in [5.74, 6) is -0.116. The zero-order chi connectivity index (χ0) is 19.2. The van der Waals surface area contributed by atoms with E-state index in [1.54, 1.807) is 12.0 Å². The number of hydrogen-bond donors (Lipinski definition) is 1. The highest BCUT2D eigenvalue weighted by Crippen LogP contribution is 2.18. The largest absolute Gasteiger partial charge is 0.497 e. The predicted octanol–water partition coefficient (Wildman–Crippen LogP) is 2.54. The van der Waals surface area contributed by atoms with Crippen molar-refractivity contribution in [3.63, 3.8) is 0 Å². The third-order valence-electron chi connectivity index (χ3n) is 4.62. The predicted molar refractivity (Wildman–Crippen MR) is 97.7 cm³/mol. The standard InChI is InChI=1S/C20H22FN3O3/c1-27-18-4-2-3-14(9-18)13-24-8-7-17(5-6-19(24)25)23-20(26)15-10-16(21)12-22-11-15/h2-4,9-12,17H,5-8,13H2,1H3,(H,23,26). The maximum atomic E-state index is 13.2. The molecule has 1 aliphatic heterocycles. The quantitative estimate of drug-likeness (QED) is 0.877. The lowest BCUT2D eigenvalue weighted by Crippen LogP contribution is -2.36. The van der Waals surface area contributed by atoms with E-state index < -0.39 is 5.82 Å². The minimum absolute atomic E-state index is 0.0574. The molecule has 1 unspecified atom stereocenters. The summed E-state index contributed by atoms with van der Waals surface area (Å²) in [6.07, 6.45) is 3.94. The number of pyridine rings is 1. The van der Waals surface area contributed by atoms with Crippen LogP contribution in [0.25, 0.3) is 0 Å². The molecule has 1 N–H and O–H groups in total. The molecule has 1 saturated heterocycles. The van der Waals surface area contributed by atoms with Crippen molar-refractivity contribution < 1.29 is 18.7 Å². The normalized spacial score (nSPS) is 17.3. The van der Waals surface area contributed by atoms with Crippen molar-refractivity contribution >= 4 is 11.8 Å². The summed E-state index contributed by atoms with van der Waals surface area (Å²) >= 11 is 0. The third kappa shape index (κ3) is 5.03. The zero-order valence-electron chi connectivity index (χ0n) is 15.2. The van der Waals surface area contributed by atoms with Gasteiger partial charge in [-0.3, -0.25) is 14.6 Å². The van der Waals surface area contributed by atoms with E-state index in [0.29, 0.717) is 32.4 Å². The highest BCUT2D eigenvalue weighted by molar-refractivity contribution is 5.94. The van der Waals surface area contributed by atoms with Crippen molar-refractivity contribution in [3.05, 3.63) is 59.7 Å². The van der Waals surface area contributed by atoms with E-state index >= 15 is 0 Å². The van der Waals surface area contributed by atoms with Crippen LogP contribution in [0.4, 0.5) is 4.39 Å². The summed E-state index contributed by atoms with van der Waals surface area (Å²) in [5, 5.41) is 2.88. The van der Waals surface area contributed by atoms with Crippen LogP contribution in [-0.2, 0) is 11.3 Å². The summed E-state index contributed by atoms with van der Waals surface area (Å²) in [6.45, 7) is 1.05. The molecule has 2 heterocycles. The van der Waals surface area contributed by atoms with E-state index in [4.69, 9.17) is 4.74 Å². The van der Waals surface area contributed by atoms with Crippen LogP contribution in [0.15, 0.2) is 42.7 Å². The fourth-order valence-electron chi connectivity index (χ4n) is 3.14. The fourth-order valence-corrected chi connectivity index (χ4v) is 3.14. The number of methoxy groups -OCH3 is 1. The Balaban J connectivity index is 1.60. The van der Waals surface area contributed by atoms with E-state index in [0.717, 1.165) is 23.6 Å². The molecule has 7 heteroatoms. The van der Waals surface area contributed by atoms with E-state index in [1.807, 2.05) is 24.3 Å². The van der Waals surface area contributed by atoms with Gasteiger partial charge < -0.3 is 15.0 Å². The van der Waals surface area contributed by atoms with Gasteiger partial charge >= 0.3 is 0 Å². The monoisotopic (exact) mass is 371 g/mol. The van der Waals surface area contributed by atoms with Crippen molar-refractivity contribution in [2.75, 3.05) is 13.7 Å². The van der Waals surface area contributed by atoms with Gasteiger partial charge in [0.2, 0.25) is 5.91 Å². The summed E-state index contributed by atoms with van der Waals surface area (Å²) in [6, 6.07) is 8.64.